The molecule has 0 aliphatic carbocycles. The van der Waals surface area contributed by atoms with Crippen molar-refractivity contribution in [2.45, 2.75) is 32.4 Å². The Balaban J connectivity index is 1.88. The number of carbonyl (C=O) groups is 2. The Morgan fingerprint density at radius 1 is 0.943 bits per heavy atom. The number of carbonyl (C=O) groups excluding carboxylic acids is 2. The van der Waals surface area contributed by atoms with Gasteiger partial charge in [-0.25, -0.2) is 4.39 Å². The summed E-state index contributed by atoms with van der Waals surface area (Å²) in [5, 5.41) is 2.89. The van der Waals surface area contributed by atoms with Crippen LogP contribution in [0.5, 0.6) is 11.5 Å². The molecule has 0 aliphatic heterocycles. The average Bonchev–Trinajstić information content (AvgIpc) is 2.89. The molecule has 35 heavy (non-hydrogen) atoms. The molecule has 0 saturated carbocycles. The molecule has 3 aromatic carbocycles. The molecule has 0 fully saturated rings. The van der Waals surface area contributed by atoms with E-state index in [1.54, 1.807) is 49.6 Å². The fourth-order valence-electron chi connectivity index (χ4n) is 3.63. The van der Waals surface area contributed by atoms with Crippen LogP contribution in [0.2, 0.25) is 0 Å². The molecule has 0 heterocycles. The molecule has 0 radical (unpaired) electrons. The summed E-state index contributed by atoms with van der Waals surface area (Å²) < 4.78 is 25.4. The summed E-state index contributed by atoms with van der Waals surface area (Å²) in [5.74, 6) is 0.00991. The summed E-state index contributed by atoms with van der Waals surface area (Å²) in [4.78, 5) is 28.1. The molecule has 3 aromatic rings. The van der Waals surface area contributed by atoms with Gasteiger partial charge in [-0.1, -0.05) is 55.5 Å². The zero-order valence-electron chi connectivity index (χ0n) is 20.1. The molecule has 1 N–H and O–H groups in total. The molecule has 6 nitrogen and oxygen atoms in total. The van der Waals surface area contributed by atoms with Gasteiger partial charge in [0.25, 0.3) is 5.91 Å². The lowest BCUT2D eigenvalue weighted by Crippen LogP contribution is -2.51. The van der Waals surface area contributed by atoms with Crippen molar-refractivity contribution in [1.29, 1.82) is 0 Å². The lowest BCUT2D eigenvalue weighted by molar-refractivity contribution is -0.142. The molecule has 184 valence electrons. The highest BCUT2D eigenvalue weighted by Crippen LogP contribution is 2.19. The summed E-state index contributed by atoms with van der Waals surface area (Å²) in [6, 6.07) is 21.7. The maximum atomic E-state index is 14.5. The van der Waals surface area contributed by atoms with E-state index in [1.165, 1.54) is 11.0 Å². The van der Waals surface area contributed by atoms with E-state index >= 15 is 0 Å². The van der Waals surface area contributed by atoms with Gasteiger partial charge in [0.05, 0.1) is 7.11 Å². The van der Waals surface area contributed by atoms with Crippen LogP contribution in [0.25, 0.3) is 0 Å². The van der Waals surface area contributed by atoms with E-state index in [-0.39, 0.29) is 19.1 Å². The second kappa shape index (κ2) is 13.1. The molecule has 7 heteroatoms. The van der Waals surface area contributed by atoms with Crippen molar-refractivity contribution in [1.82, 2.24) is 10.2 Å². The Morgan fingerprint density at radius 3 is 2.26 bits per heavy atom. The lowest BCUT2D eigenvalue weighted by Gasteiger charge is -2.31. The first-order valence-corrected chi connectivity index (χ1v) is 11.6. The summed E-state index contributed by atoms with van der Waals surface area (Å²) in [7, 11) is 1.57. The predicted octanol–water partition coefficient (Wildman–Crippen LogP) is 4.38. The van der Waals surface area contributed by atoms with Crippen molar-refractivity contribution >= 4 is 11.8 Å². The number of amides is 2. The van der Waals surface area contributed by atoms with Gasteiger partial charge in [0.1, 0.15) is 23.4 Å². The molecule has 1 atom stereocenters. The Morgan fingerprint density at radius 2 is 1.60 bits per heavy atom. The van der Waals surface area contributed by atoms with Crippen LogP contribution in [-0.4, -0.2) is 43.0 Å². The van der Waals surface area contributed by atoms with Crippen molar-refractivity contribution in [2.75, 3.05) is 20.3 Å². The number of hydrogen-bond acceptors (Lipinski definition) is 4. The van der Waals surface area contributed by atoms with Gasteiger partial charge in [-0.3, -0.25) is 9.59 Å². The minimum Gasteiger partial charge on any atom is -0.497 e. The monoisotopic (exact) mass is 478 g/mol. The van der Waals surface area contributed by atoms with Gasteiger partial charge >= 0.3 is 0 Å². The number of benzene rings is 3. The van der Waals surface area contributed by atoms with Crippen LogP contribution < -0.4 is 14.8 Å². The van der Waals surface area contributed by atoms with Crippen molar-refractivity contribution in [3.63, 3.8) is 0 Å². The Labute approximate surface area is 205 Å². The first-order chi connectivity index (χ1) is 17.0. The lowest BCUT2D eigenvalue weighted by atomic mass is 10.0. The first kappa shape index (κ1) is 25.7. The van der Waals surface area contributed by atoms with Crippen molar-refractivity contribution in [3.8, 4) is 11.5 Å². The van der Waals surface area contributed by atoms with Crippen LogP contribution in [-0.2, 0) is 22.6 Å². The predicted molar refractivity (Wildman–Crippen MR) is 133 cm³/mol. The largest absolute Gasteiger partial charge is 0.497 e. The highest BCUT2D eigenvalue weighted by Gasteiger charge is 2.31. The number of ether oxygens (including phenoxy) is 2. The number of hydrogen-bond donors (Lipinski definition) is 1. The van der Waals surface area contributed by atoms with E-state index in [0.29, 0.717) is 30.0 Å². The van der Waals surface area contributed by atoms with Gasteiger partial charge in [0, 0.05) is 25.1 Å². The third-order valence-corrected chi connectivity index (χ3v) is 5.54. The summed E-state index contributed by atoms with van der Waals surface area (Å²) in [6.07, 6.45) is 1.05. The number of methoxy groups -OCH3 is 1. The summed E-state index contributed by atoms with van der Waals surface area (Å²) >= 11 is 0. The molecular formula is C28H31FN2O4. The van der Waals surface area contributed by atoms with Crippen LogP contribution >= 0.6 is 0 Å². The van der Waals surface area contributed by atoms with Crippen molar-refractivity contribution in [3.05, 3.63) is 95.8 Å². The maximum absolute atomic E-state index is 14.5. The zero-order chi connectivity index (χ0) is 25.0. The fraction of sp³-hybridized carbons (Fsp3) is 0.286. The van der Waals surface area contributed by atoms with Gasteiger partial charge in [-0.15, -0.1) is 0 Å². The van der Waals surface area contributed by atoms with Gasteiger partial charge in [-0.05, 0) is 42.3 Å². The smallest absolute Gasteiger partial charge is 0.261 e. The Hall–Kier alpha value is -3.87. The number of halogens is 1. The fourth-order valence-corrected chi connectivity index (χ4v) is 3.63. The standard InChI is InChI=1S/C28H31FN2O4/c1-3-17-30-28(33)26(18-21-9-5-4-6-10-21)31(19-22-11-7-8-12-25(22)29)27(32)20-35-24-15-13-23(34-2)14-16-24/h4-16,26H,3,17-20H2,1-2H3,(H,30,33). The van der Waals surface area contributed by atoms with E-state index < -0.39 is 17.8 Å². The molecular weight excluding hydrogens is 447 g/mol. The molecule has 0 saturated heterocycles. The second-order valence-corrected chi connectivity index (χ2v) is 8.07. The second-order valence-electron chi connectivity index (χ2n) is 8.07. The van der Waals surface area contributed by atoms with Crippen LogP contribution in [0.15, 0.2) is 78.9 Å². The van der Waals surface area contributed by atoms with Gasteiger partial charge in [-0.2, -0.15) is 0 Å². The van der Waals surface area contributed by atoms with E-state index in [9.17, 15) is 14.0 Å². The Bertz CT molecular complexity index is 1090. The van der Waals surface area contributed by atoms with E-state index in [4.69, 9.17) is 9.47 Å². The first-order valence-electron chi connectivity index (χ1n) is 11.6. The normalized spacial score (nSPS) is 11.4. The Kier molecular flexibility index (Phi) is 9.66. The minimum absolute atomic E-state index is 0.0610. The molecule has 0 spiro atoms. The highest BCUT2D eigenvalue weighted by molar-refractivity contribution is 5.88. The van der Waals surface area contributed by atoms with Crippen LogP contribution in [0.4, 0.5) is 4.39 Å². The number of rotatable bonds is 12. The molecule has 2 amide bonds. The van der Waals surface area contributed by atoms with Crippen LogP contribution in [0.1, 0.15) is 24.5 Å². The van der Waals surface area contributed by atoms with E-state index in [2.05, 4.69) is 5.32 Å². The van der Waals surface area contributed by atoms with E-state index in [0.717, 1.165) is 12.0 Å². The highest BCUT2D eigenvalue weighted by atomic mass is 19.1. The van der Waals surface area contributed by atoms with E-state index in [1.807, 2.05) is 37.3 Å². The van der Waals surface area contributed by atoms with Gasteiger partial charge in [0.2, 0.25) is 5.91 Å². The third kappa shape index (κ3) is 7.57. The molecule has 0 aliphatic rings. The number of nitrogens with zero attached hydrogens (tertiary/aromatic N) is 1. The molecule has 1 unspecified atom stereocenters. The maximum Gasteiger partial charge on any atom is 0.261 e. The molecule has 0 aromatic heterocycles. The van der Waals surface area contributed by atoms with Crippen LogP contribution in [0, 0.1) is 5.82 Å². The van der Waals surface area contributed by atoms with Crippen molar-refractivity contribution < 1.29 is 23.5 Å². The zero-order valence-corrected chi connectivity index (χ0v) is 20.1. The average molecular weight is 479 g/mol. The third-order valence-electron chi connectivity index (χ3n) is 5.54. The number of nitrogens with one attached hydrogen (secondary N) is 1. The molecule has 3 rings (SSSR count). The SMILES string of the molecule is CCCNC(=O)C(Cc1ccccc1)N(Cc1ccccc1F)C(=O)COc1ccc(OC)cc1. The topological polar surface area (TPSA) is 67.9 Å². The van der Waals surface area contributed by atoms with Crippen LogP contribution in [0.3, 0.4) is 0 Å². The quantitative estimate of drug-likeness (QED) is 0.420. The van der Waals surface area contributed by atoms with Gasteiger partial charge < -0.3 is 19.7 Å². The summed E-state index contributed by atoms with van der Waals surface area (Å²) in [6.45, 7) is 2.08. The van der Waals surface area contributed by atoms with Crippen molar-refractivity contribution in [2.24, 2.45) is 0 Å². The molecule has 0 bridgehead atoms. The summed E-state index contributed by atoms with van der Waals surface area (Å²) in [5.41, 5.74) is 1.22. The minimum atomic E-state index is -0.837. The van der Waals surface area contributed by atoms with Gasteiger partial charge in [0.15, 0.2) is 6.61 Å².